The minimum Gasteiger partial charge on any atom is -0.355 e. The molecule has 1 unspecified atom stereocenters. The number of halogens is 1. The molecule has 0 saturated heterocycles. The number of nitrogens with zero attached hydrogens (tertiary/aromatic N) is 3. The fourth-order valence-corrected chi connectivity index (χ4v) is 3.53. The first-order valence-electron chi connectivity index (χ1n) is 9.23. The Morgan fingerprint density at radius 1 is 1.11 bits per heavy atom. The van der Waals surface area contributed by atoms with Crippen LogP contribution in [0.4, 0.5) is 4.39 Å². The Bertz CT molecular complexity index is 921. The molecule has 1 aliphatic heterocycles. The third-order valence-electron chi connectivity index (χ3n) is 4.94. The largest absolute Gasteiger partial charge is 0.355 e. The van der Waals surface area contributed by atoms with Crippen molar-refractivity contribution in [2.45, 2.75) is 31.7 Å². The molecule has 0 fully saturated rings. The Balaban J connectivity index is 1.44. The molecule has 2 aromatic carbocycles. The van der Waals surface area contributed by atoms with E-state index in [1.165, 1.54) is 12.1 Å². The lowest BCUT2D eigenvalue weighted by molar-refractivity contribution is -0.123. The van der Waals surface area contributed by atoms with E-state index in [1.807, 2.05) is 30.3 Å². The number of benzene rings is 2. The standard InChI is InChI=1S/C21H21FN4O/c22-17-10-8-15(9-11-17)12-13-23-21(27)18-7-4-14-26-19(24-25-20(18)26)16-5-2-1-3-6-16/h1-3,5-6,8-11,18H,4,7,12-14H2,(H,23,27). The number of fused-ring (bicyclic) bond motifs is 1. The van der Waals surface area contributed by atoms with Gasteiger partial charge in [-0.1, -0.05) is 42.5 Å². The van der Waals surface area contributed by atoms with Crippen molar-refractivity contribution in [1.82, 2.24) is 20.1 Å². The Morgan fingerprint density at radius 2 is 1.89 bits per heavy atom. The van der Waals surface area contributed by atoms with Crippen LogP contribution in [0.25, 0.3) is 11.4 Å². The molecule has 0 bridgehead atoms. The molecule has 0 spiro atoms. The first-order chi connectivity index (χ1) is 13.2. The maximum Gasteiger partial charge on any atom is 0.230 e. The van der Waals surface area contributed by atoms with Crippen molar-refractivity contribution in [2.75, 3.05) is 6.54 Å². The fraction of sp³-hybridized carbons (Fsp3) is 0.286. The highest BCUT2D eigenvalue weighted by atomic mass is 19.1. The topological polar surface area (TPSA) is 59.8 Å². The third kappa shape index (κ3) is 3.74. The van der Waals surface area contributed by atoms with Crippen LogP contribution in [0.2, 0.25) is 0 Å². The van der Waals surface area contributed by atoms with Crippen LogP contribution >= 0.6 is 0 Å². The van der Waals surface area contributed by atoms with Gasteiger partial charge >= 0.3 is 0 Å². The number of rotatable bonds is 5. The first-order valence-corrected chi connectivity index (χ1v) is 9.23. The maximum absolute atomic E-state index is 13.0. The quantitative estimate of drug-likeness (QED) is 0.756. The molecule has 4 rings (SSSR count). The van der Waals surface area contributed by atoms with Gasteiger partial charge in [0.05, 0.1) is 5.92 Å². The Kier molecular flexibility index (Phi) is 4.96. The minimum atomic E-state index is -0.281. The zero-order valence-electron chi connectivity index (χ0n) is 14.9. The summed E-state index contributed by atoms with van der Waals surface area (Å²) < 4.78 is 15.0. The molecular weight excluding hydrogens is 343 g/mol. The van der Waals surface area contributed by atoms with Gasteiger partial charge in [-0.2, -0.15) is 0 Å². The van der Waals surface area contributed by atoms with Crippen LogP contribution in [-0.2, 0) is 17.8 Å². The SMILES string of the molecule is O=C(NCCc1ccc(F)cc1)C1CCCn2c(-c3ccccc3)nnc21. The van der Waals surface area contributed by atoms with Gasteiger partial charge in [-0.25, -0.2) is 4.39 Å². The zero-order valence-corrected chi connectivity index (χ0v) is 14.9. The number of carbonyl (C=O) groups is 1. The molecule has 1 atom stereocenters. The maximum atomic E-state index is 13.0. The predicted octanol–water partition coefficient (Wildman–Crippen LogP) is 3.32. The van der Waals surface area contributed by atoms with Crippen LogP contribution < -0.4 is 5.32 Å². The monoisotopic (exact) mass is 364 g/mol. The van der Waals surface area contributed by atoms with Gasteiger partial charge in [-0.05, 0) is 37.0 Å². The van der Waals surface area contributed by atoms with Crippen LogP contribution in [0.3, 0.4) is 0 Å². The van der Waals surface area contributed by atoms with Crippen molar-refractivity contribution in [2.24, 2.45) is 0 Å². The summed E-state index contributed by atoms with van der Waals surface area (Å²) >= 11 is 0. The molecule has 0 aliphatic carbocycles. The smallest absolute Gasteiger partial charge is 0.230 e. The van der Waals surface area contributed by atoms with E-state index in [2.05, 4.69) is 20.1 Å². The molecule has 3 aromatic rings. The summed E-state index contributed by atoms with van der Waals surface area (Å²) in [4.78, 5) is 12.7. The molecule has 1 amide bonds. The summed E-state index contributed by atoms with van der Waals surface area (Å²) in [5.74, 6) is 0.995. The highest BCUT2D eigenvalue weighted by Crippen LogP contribution is 2.30. The summed E-state index contributed by atoms with van der Waals surface area (Å²) in [5, 5.41) is 11.6. The first kappa shape index (κ1) is 17.4. The van der Waals surface area contributed by atoms with Crippen molar-refractivity contribution in [3.8, 4) is 11.4 Å². The van der Waals surface area contributed by atoms with Gasteiger partial charge < -0.3 is 9.88 Å². The number of aromatic nitrogens is 3. The van der Waals surface area contributed by atoms with Crippen LogP contribution in [-0.4, -0.2) is 27.2 Å². The van der Waals surface area contributed by atoms with Crippen LogP contribution in [0, 0.1) is 5.82 Å². The van der Waals surface area contributed by atoms with Gasteiger partial charge in [0, 0.05) is 18.7 Å². The highest BCUT2D eigenvalue weighted by molar-refractivity contribution is 5.83. The zero-order chi connectivity index (χ0) is 18.6. The molecule has 2 heterocycles. The second kappa shape index (κ2) is 7.70. The normalized spacial score (nSPS) is 16.0. The van der Waals surface area contributed by atoms with Crippen molar-refractivity contribution < 1.29 is 9.18 Å². The average Bonchev–Trinajstić information content (AvgIpc) is 3.14. The van der Waals surface area contributed by atoms with Crippen LogP contribution in [0.5, 0.6) is 0 Å². The van der Waals surface area contributed by atoms with Gasteiger partial charge in [0.2, 0.25) is 5.91 Å². The molecule has 6 heteroatoms. The molecule has 138 valence electrons. The van der Waals surface area contributed by atoms with E-state index in [1.54, 1.807) is 12.1 Å². The summed E-state index contributed by atoms with van der Waals surface area (Å²) in [7, 11) is 0. The molecule has 1 aliphatic rings. The lowest BCUT2D eigenvalue weighted by Crippen LogP contribution is -2.34. The van der Waals surface area contributed by atoms with E-state index < -0.39 is 0 Å². The van der Waals surface area contributed by atoms with E-state index in [0.717, 1.165) is 42.2 Å². The third-order valence-corrected chi connectivity index (χ3v) is 4.94. The average molecular weight is 364 g/mol. The van der Waals surface area contributed by atoms with E-state index in [-0.39, 0.29) is 17.6 Å². The number of nitrogens with one attached hydrogen (secondary N) is 1. The summed E-state index contributed by atoms with van der Waals surface area (Å²) in [5.41, 5.74) is 2.00. The van der Waals surface area contributed by atoms with E-state index in [9.17, 15) is 9.18 Å². The number of amides is 1. The van der Waals surface area contributed by atoms with Gasteiger partial charge in [0.25, 0.3) is 0 Å². The fourth-order valence-electron chi connectivity index (χ4n) is 3.53. The molecule has 0 saturated carbocycles. The lowest BCUT2D eigenvalue weighted by Gasteiger charge is -2.23. The molecular formula is C21H21FN4O. The molecule has 1 N–H and O–H groups in total. The predicted molar refractivity (Wildman–Crippen MR) is 101 cm³/mol. The van der Waals surface area contributed by atoms with Crippen molar-refractivity contribution in [3.63, 3.8) is 0 Å². The Labute approximate surface area is 157 Å². The lowest BCUT2D eigenvalue weighted by atomic mass is 9.97. The van der Waals surface area contributed by atoms with E-state index in [0.29, 0.717) is 13.0 Å². The molecule has 1 aromatic heterocycles. The van der Waals surface area contributed by atoms with Crippen molar-refractivity contribution >= 4 is 5.91 Å². The molecule has 5 nitrogen and oxygen atoms in total. The molecule has 0 radical (unpaired) electrons. The Morgan fingerprint density at radius 3 is 2.67 bits per heavy atom. The second-order valence-corrected chi connectivity index (χ2v) is 6.76. The Hall–Kier alpha value is -3.02. The highest BCUT2D eigenvalue weighted by Gasteiger charge is 2.30. The van der Waals surface area contributed by atoms with Crippen molar-refractivity contribution in [3.05, 3.63) is 71.8 Å². The second-order valence-electron chi connectivity index (χ2n) is 6.76. The van der Waals surface area contributed by atoms with Gasteiger partial charge in [-0.15, -0.1) is 10.2 Å². The van der Waals surface area contributed by atoms with Gasteiger partial charge in [0.15, 0.2) is 5.82 Å². The van der Waals surface area contributed by atoms with Crippen LogP contribution in [0.15, 0.2) is 54.6 Å². The van der Waals surface area contributed by atoms with Gasteiger partial charge in [-0.3, -0.25) is 4.79 Å². The molecule has 27 heavy (non-hydrogen) atoms. The van der Waals surface area contributed by atoms with E-state index in [4.69, 9.17) is 0 Å². The summed E-state index contributed by atoms with van der Waals surface area (Å²) in [6.45, 7) is 1.34. The minimum absolute atomic E-state index is 0.0231. The number of carbonyl (C=O) groups excluding carboxylic acids is 1. The van der Waals surface area contributed by atoms with Crippen LogP contribution in [0.1, 0.15) is 30.1 Å². The van der Waals surface area contributed by atoms with Crippen molar-refractivity contribution in [1.29, 1.82) is 0 Å². The van der Waals surface area contributed by atoms with Gasteiger partial charge in [0.1, 0.15) is 11.6 Å². The number of hydrogen-bond acceptors (Lipinski definition) is 3. The number of hydrogen-bond donors (Lipinski definition) is 1. The summed E-state index contributed by atoms with van der Waals surface area (Å²) in [6, 6.07) is 16.3. The van der Waals surface area contributed by atoms with E-state index >= 15 is 0 Å². The summed E-state index contributed by atoms with van der Waals surface area (Å²) in [6.07, 6.45) is 2.36.